The van der Waals surface area contributed by atoms with Crippen molar-refractivity contribution in [2.24, 2.45) is 0 Å². The molecule has 0 unspecified atom stereocenters. The SMILES string of the molecule is Cc1cc(Nc2cc(NCC(=O)O)ncn2)ccc1Br. The summed E-state index contributed by atoms with van der Waals surface area (Å²) in [6, 6.07) is 7.50. The second kappa shape index (κ2) is 6.33. The highest BCUT2D eigenvalue weighted by atomic mass is 79.9. The summed E-state index contributed by atoms with van der Waals surface area (Å²) in [4.78, 5) is 18.5. The number of aryl methyl sites for hydroxylation is 1. The maximum Gasteiger partial charge on any atom is 0.322 e. The van der Waals surface area contributed by atoms with Crippen molar-refractivity contribution in [3.63, 3.8) is 0 Å². The number of hydrogen-bond donors (Lipinski definition) is 3. The van der Waals surface area contributed by atoms with Crippen LogP contribution < -0.4 is 10.6 Å². The van der Waals surface area contributed by atoms with Gasteiger partial charge >= 0.3 is 5.97 Å². The van der Waals surface area contributed by atoms with Crippen LogP contribution in [0.1, 0.15) is 5.56 Å². The number of carboxylic acid groups (broad SMARTS) is 1. The van der Waals surface area contributed by atoms with Crippen molar-refractivity contribution in [3.8, 4) is 0 Å². The van der Waals surface area contributed by atoms with Gasteiger partial charge in [-0.25, -0.2) is 9.97 Å². The molecule has 0 atom stereocenters. The molecular weight excluding hydrogens is 324 g/mol. The van der Waals surface area contributed by atoms with Gasteiger partial charge in [-0.15, -0.1) is 0 Å². The Hall–Kier alpha value is -2.15. The molecule has 3 N–H and O–H groups in total. The zero-order valence-corrected chi connectivity index (χ0v) is 12.3. The van der Waals surface area contributed by atoms with E-state index in [2.05, 4.69) is 36.5 Å². The molecule has 2 rings (SSSR count). The van der Waals surface area contributed by atoms with Crippen LogP contribution in [-0.4, -0.2) is 27.6 Å². The van der Waals surface area contributed by atoms with Gasteiger partial charge < -0.3 is 15.7 Å². The number of carbonyl (C=O) groups is 1. The van der Waals surface area contributed by atoms with Gasteiger partial charge in [-0.3, -0.25) is 4.79 Å². The number of nitrogens with one attached hydrogen (secondary N) is 2. The number of hydrogen-bond acceptors (Lipinski definition) is 5. The Bertz CT molecular complexity index is 634. The summed E-state index contributed by atoms with van der Waals surface area (Å²) >= 11 is 3.44. The van der Waals surface area contributed by atoms with Crippen LogP contribution in [0.2, 0.25) is 0 Å². The summed E-state index contributed by atoms with van der Waals surface area (Å²) in [5.74, 6) is 0.106. The quantitative estimate of drug-likeness (QED) is 0.778. The molecule has 0 fully saturated rings. The third-order valence-corrected chi connectivity index (χ3v) is 3.41. The van der Waals surface area contributed by atoms with Crippen molar-refractivity contribution in [1.82, 2.24) is 9.97 Å². The number of aliphatic carboxylic acids is 1. The molecule has 0 spiro atoms. The first-order valence-corrected chi connectivity index (χ1v) is 6.65. The predicted molar refractivity (Wildman–Crippen MR) is 80.3 cm³/mol. The first kappa shape index (κ1) is 14.3. The van der Waals surface area contributed by atoms with E-state index in [1.165, 1.54) is 6.33 Å². The highest BCUT2D eigenvalue weighted by Gasteiger charge is 2.02. The molecule has 0 saturated carbocycles. The van der Waals surface area contributed by atoms with Gasteiger partial charge in [0.1, 0.15) is 24.5 Å². The van der Waals surface area contributed by atoms with Crippen LogP contribution in [0, 0.1) is 6.92 Å². The smallest absolute Gasteiger partial charge is 0.322 e. The molecule has 1 heterocycles. The molecule has 104 valence electrons. The number of halogens is 1. The van der Waals surface area contributed by atoms with Crippen LogP contribution >= 0.6 is 15.9 Å². The van der Waals surface area contributed by atoms with Crippen molar-refractivity contribution in [1.29, 1.82) is 0 Å². The molecule has 0 amide bonds. The van der Waals surface area contributed by atoms with E-state index in [1.807, 2.05) is 25.1 Å². The molecule has 2 aromatic rings. The molecule has 20 heavy (non-hydrogen) atoms. The van der Waals surface area contributed by atoms with Crippen molar-refractivity contribution in [3.05, 3.63) is 40.6 Å². The fraction of sp³-hybridized carbons (Fsp3) is 0.154. The van der Waals surface area contributed by atoms with E-state index in [0.717, 1.165) is 15.7 Å². The largest absolute Gasteiger partial charge is 0.480 e. The lowest BCUT2D eigenvalue weighted by molar-refractivity contribution is -0.134. The molecule has 0 radical (unpaired) electrons. The average Bonchev–Trinajstić information content (AvgIpc) is 2.41. The van der Waals surface area contributed by atoms with E-state index >= 15 is 0 Å². The topological polar surface area (TPSA) is 87.1 Å². The summed E-state index contributed by atoms with van der Waals surface area (Å²) in [6.45, 7) is 1.81. The first-order chi connectivity index (χ1) is 9.54. The minimum atomic E-state index is -0.943. The van der Waals surface area contributed by atoms with Crippen LogP contribution in [-0.2, 0) is 4.79 Å². The summed E-state index contributed by atoms with van der Waals surface area (Å²) in [7, 11) is 0. The first-order valence-electron chi connectivity index (χ1n) is 5.85. The molecule has 1 aromatic heterocycles. The fourth-order valence-electron chi connectivity index (χ4n) is 1.56. The van der Waals surface area contributed by atoms with Crippen LogP contribution in [0.5, 0.6) is 0 Å². The summed E-state index contributed by atoms with van der Waals surface area (Å²) in [6.07, 6.45) is 1.37. The van der Waals surface area contributed by atoms with Crippen molar-refractivity contribution in [2.45, 2.75) is 6.92 Å². The van der Waals surface area contributed by atoms with Gasteiger partial charge in [0, 0.05) is 16.2 Å². The van der Waals surface area contributed by atoms with E-state index < -0.39 is 5.97 Å². The zero-order chi connectivity index (χ0) is 14.5. The van der Waals surface area contributed by atoms with Crippen molar-refractivity contribution < 1.29 is 9.90 Å². The predicted octanol–water partition coefficient (Wildman–Crippen LogP) is 2.79. The number of aromatic nitrogens is 2. The number of rotatable bonds is 5. The van der Waals surface area contributed by atoms with E-state index in [4.69, 9.17) is 5.11 Å². The van der Waals surface area contributed by atoms with Crippen molar-refractivity contribution in [2.75, 3.05) is 17.2 Å². The Morgan fingerprint density at radius 1 is 1.30 bits per heavy atom. The molecule has 0 bridgehead atoms. The van der Waals surface area contributed by atoms with Crippen LogP contribution in [0.25, 0.3) is 0 Å². The summed E-state index contributed by atoms with van der Waals surface area (Å²) in [5, 5.41) is 14.4. The van der Waals surface area contributed by atoms with Gasteiger partial charge in [0.2, 0.25) is 0 Å². The van der Waals surface area contributed by atoms with Crippen LogP contribution in [0.4, 0.5) is 17.3 Å². The maximum atomic E-state index is 10.5. The van der Waals surface area contributed by atoms with Gasteiger partial charge in [0.15, 0.2) is 0 Å². The third-order valence-electron chi connectivity index (χ3n) is 2.52. The number of carboxylic acids is 1. The lowest BCUT2D eigenvalue weighted by Gasteiger charge is -2.08. The van der Waals surface area contributed by atoms with Crippen LogP contribution in [0.3, 0.4) is 0 Å². The average molecular weight is 337 g/mol. The normalized spacial score (nSPS) is 10.1. The Labute approximate surface area is 124 Å². The number of benzene rings is 1. The Kier molecular flexibility index (Phi) is 4.52. The van der Waals surface area contributed by atoms with Gasteiger partial charge in [0.25, 0.3) is 0 Å². The van der Waals surface area contributed by atoms with Gasteiger partial charge in [-0.05, 0) is 30.7 Å². The highest BCUT2D eigenvalue weighted by molar-refractivity contribution is 9.10. The third kappa shape index (κ3) is 3.92. The minimum Gasteiger partial charge on any atom is -0.480 e. The Morgan fingerprint density at radius 2 is 2.05 bits per heavy atom. The monoisotopic (exact) mass is 336 g/mol. The van der Waals surface area contributed by atoms with Crippen LogP contribution in [0.15, 0.2) is 35.1 Å². The van der Waals surface area contributed by atoms with Gasteiger partial charge in [-0.2, -0.15) is 0 Å². The standard InChI is InChI=1S/C13H13BrN4O2/c1-8-4-9(2-3-10(8)14)18-12-5-11(16-7-17-12)15-6-13(19)20/h2-5,7H,6H2,1H3,(H,19,20)(H2,15,16,17,18). The lowest BCUT2D eigenvalue weighted by Crippen LogP contribution is -2.13. The number of anilines is 3. The fourth-order valence-corrected chi connectivity index (χ4v) is 1.81. The van der Waals surface area contributed by atoms with E-state index in [9.17, 15) is 4.79 Å². The van der Waals surface area contributed by atoms with E-state index in [0.29, 0.717) is 11.6 Å². The second-order valence-corrected chi connectivity index (χ2v) is 4.98. The zero-order valence-electron chi connectivity index (χ0n) is 10.7. The molecule has 0 saturated heterocycles. The summed E-state index contributed by atoms with van der Waals surface area (Å²) < 4.78 is 1.04. The minimum absolute atomic E-state index is 0.187. The highest BCUT2D eigenvalue weighted by Crippen LogP contribution is 2.22. The Morgan fingerprint density at radius 3 is 2.75 bits per heavy atom. The lowest BCUT2D eigenvalue weighted by atomic mass is 10.2. The van der Waals surface area contributed by atoms with Crippen molar-refractivity contribution >= 4 is 39.2 Å². The molecule has 6 nitrogen and oxygen atoms in total. The molecule has 0 aliphatic rings. The van der Waals surface area contributed by atoms with E-state index in [1.54, 1.807) is 6.07 Å². The van der Waals surface area contributed by atoms with Gasteiger partial charge in [-0.1, -0.05) is 15.9 Å². The number of nitrogens with zero attached hydrogens (tertiary/aromatic N) is 2. The molecule has 1 aromatic carbocycles. The summed E-state index contributed by atoms with van der Waals surface area (Å²) in [5.41, 5.74) is 2.00. The second-order valence-electron chi connectivity index (χ2n) is 4.12. The molecule has 7 heteroatoms. The van der Waals surface area contributed by atoms with Gasteiger partial charge in [0.05, 0.1) is 0 Å². The molecule has 0 aliphatic carbocycles. The molecule has 0 aliphatic heterocycles. The maximum absolute atomic E-state index is 10.5. The van der Waals surface area contributed by atoms with E-state index in [-0.39, 0.29) is 6.54 Å². The Balaban J connectivity index is 2.10. The molecular formula is C13H13BrN4O2.